The van der Waals surface area contributed by atoms with Crippen LogP contribution >= 0.6 is 89.9 Å². The van der Waals surface area contributed by atoms with E-state index in [0.717, 1.165) is 10.1 Å². The van der Waals surface area contributed by atoms with Crippen molar-refractivity contribution in [2.45, 2.75) is 80.1 Å². The lowest BCUT2D eigenvalue weighted by Gasteiger charge is -2.06. The van der Waals surface area contributed by atoms with Crippen molar-refractivity contribution >= 4 is 156 Å². The molecule has 0 spiro atoms. The number of pyridine rings is 3. The number of aryl methyl sites for hydroxylation is 2. The third kappa shape index (κ3) is 33.9. The summed E-state index contributed by atoms with van der Waals surface area (Å²) in [5, 5.41) is 51.8. The van der Waals surface area contributed by atoms with Crippen LogP contribution in [-0.4, -0.2) is 85.0 Å². The van der Waals surface area contributed by atoms with Crippen molar-refractivity contribution in [1.29, 1.82) is 0 Å². The monoisotopic (exact) mass is 1540 g/mol. The van der Waals surface area contributed by atoms with Crippen molar-refractivity contribution in [3.05, 3.63) is 206 Å². The van der Waals surface area contributed by atoms with E-state index in [9.17, 15) is 48.6 Å². The molecule has 19 nitrogen and oxygen atoms in total. The Morgan fingerprint density at radius 1 is 0.495 bits per heavy atom. The van der Waals surface area contributed by atoms with Gasteiger partial charge in [0.2, 0.25) is 18.2 Å². The number of phenols is 4. The number of para-hydroxylation sites is 1. The molecule has 0 unspecified atom stereocenters. The number of Topliss-reactive ketones (excluding diaryl/α,β-unsaturated/α-hetero) is 1. The highest BCUT2D eigenvalue weighted by Gasteiger charge is 2.24. The molecular weight excluding hydrogens is 1490 g/mol. The van der Waals surface area contributed by atoms with Crippen LogP contribution in [0.25, 0.3) is 21.9 Å². The van der Waals surface area contributed by atoms with Crippen molar-refractivity contribution in [2.24, 2.45) is 0 Å². The summed E-state index contributed by atoms with van der Waals surface area (Å²) in [6.45, 7) is 11.3. The molecule has 0 atom stereocenters. The zero-order chi connectivity index (χ0) is 73.0. The van der Waals surface area contributed by atoms with Crippen LogP contribution in [0, 0.1) is 47.4 Å². The van der Waals surface area contributed by atoms with Gasteiger partial charge in [0.25, 0.3) is 10.5 Å². The van der Waals surface area contributed by atoms with Gasteiger partial charge in [-0.25, -0.2) is 4.79 Å². The van der Waals surface area contributed by atoms with E-state index < -0.39 is 26.9 Å². The average Bonchev–Trinajstić information content (AvgIpc) is 1.66. The number of hydrogen-bond acceptors (Lipinski definition) is 17. The number of carbonyl (C=O) groups excluding carboxylic acids is 7. The van der Waals surface area contributed by atoms with Crippen LogP contribution in [0.2, 0.25) is 5.02 Å². The largest absolute Gasteiger partial charge is 0.508 e. The molecule has 0 bridgehead atoms. The first kappa shape index (κ1) is 85.2. The molecule has 0 amide bonds. The number of ketones is 3. The summed E-state index contributed by atoms with van der Waals surface area (Å²) in [4.78, 5) is 93.0. The summed E-state index contributed by atoms with van der Waals surface area (Å²) in [6, 6.07) is 30.9. The number of aromatic hydroxyl groups is 4. The number of carboxylic acids is 1. The SMILES string of the molecule is CCC#CC(=O)Cl.CCC#CC(=O)Cl.CCC#CC(=O)O.CCC#CC(=O)c1ccc(O)cc1.CCc1oc2ccncc2c1C(=O)c1cc(Br)c(O)c(Br)c1.CCc1oc2ccncc2c1C(=O)c1ccc(O)cc1.O=C(Cl)C(=O)Cl.O[n+]1ccc(Cl)cc1.Oc1ccccc1. The second-order valence-electron chi connectivity index (χ2n) is 17.9. The van der Waals surface area contributed by atoms with E-state index in [2.05, 4.69) is 106 Å². The standard InChI is InChI=1S/C16H11Br2NO3.C16H13NO3.C11H10O2.C6H6O.C5H5ClNO.2C5H5ClO.C5H6O2.C2Cl2O2/c1-2-12-14(9-7-19-4-3-13(9)22-12)15(20)8-5-10(17)16(21)11(18)6-8;1-2-13-15(12-9-17-8-7-14(12)20-13)16(19)10-3-5-11(18)6-4-10;1-2-3-4-11(13)9-5-7-10(12)8-6-9;7-6-4-2-1-3-5-6;6-5-1-3-7(8)4-2-5;3*1-2-3-4-5(6)7;3-1(5)2(4)6/h3-7,21H,2H2,1H3;3-9,18H,2H2,1H3;5-8,12H,2H2,1H3;1-5,7H;1-4,8H;2*2H2,1H3;2H2,1H3,(H,6,7);/q;;;;+1;;;;. The molecule has 6 N–H and O–H groups in total. The number of fused-ring (bicyclic) bond motifs is 2. The fourth-order valence-corrected chi connectivity index (χ4v) is 8.17. The number of hydrogen-bond donors (Lipinski definition) is 6. The zero-order valence-electron chi connectivity index (χ0n) is 52.4. The molecule has 0 saturated carbocycles. The number of nitrogens with zero attached hydrogens (tertiary/aromatic N) is 3. The Balaban J connectivity index is 0.000000574. The zero-order valence-corrected chi connectivity index (χ0v) is 59.4. The number of aromatic nitrogens is 3. The van der Waals surface area contributed by atoms with E-state index >= 15 is 0 Å². The van der Waals surface area contributed by atoms with Gasteiger partial charge >= 0.3 is 16.5 Å². The summed E-state index contributed by atoms with van der Waals surface area (Å²) >= 11 is 30.7. The van der Waals surface area contributed by atoms with Gasteiger partial charge in [0.05, 0.1) is 35.9 Å². The van der Waals surface area contributed by atoms with Crippen LogP contribution in [0.3, 0.4) is 0 Å². The van der Waals surface area contributed by atoms with Crippen LogP contribution in [-0.2, 0) is 36.8 Å². The quantitative estimate of drug-likeness (QED) is 0.0157. The van der Waals surface area contributed by atoms with Gasteiger partial charge in [-0.3, -0.25) is 48.7 Å². The van der Waals surface area contributed by atoms with Gasteiger partial charge in [-0.2, -0.15) is 0 Å². The van der Waals surface area contributed by atoms with Gasteiger partial charge in [-0.1, -0.05) is 95.0 Å². The Kier molecular flexibility index (Phi) is 42.2. The Morgan fingerprint density at radius 3 is 1.19 bits per heavy atom. The first-order valence-electron chi connectivity index (χ1n) is 28.3. The van der Waals surface area contributed by atoms with E-state index in [-0.39, 0.29) is 34.6 Å². The maximum atomic E-state index is 12.9. The molecular formula is C71H61Br2Cl5N3O16+. The number of aliphatic carboxylic acids is 1. The minimum atomic E-state index is -1.14. The van der Waals surface area contributed by atoms with E-state index in [1.807, 2.05) is 46.6 Å². The van der Waals surface area contributed by atoms with Crippen molar-refractivity contribution in [3.63, 3.8) is 0 Å². The minimum Gasteiger partial charge on any atom is -0.508 e. The van der Waals surface area contributed by atoms with Crippen molar-refractivity contribution < 1.29 is 82.7 Å². The molecule has 504 valence electrons. The summed E-state index contributed by atoms with van der Waals surface area (Å²) in [7, 11) is 0. The van der Waals surface area contributed by atoms with Crippen LogP contribution in [0.4, 0.5) is 0 Å². The lowest BCUT2D eigenvalue weighted by atomic mass is 10.00. The lowest BCUT2D eigenvalue weighted by molar-refractivity contribution is -0.904. The molecule has 9 aromatic rings. The fourth-order valence-electron chi connectivity index (χ4n) is 6.74. The second kappa shape index (κ2) is 48.0. The van der Waals surface area contributed by atoms with E-state index in [1.165, 1.54) is 36.7 Å². The maximum Gasteiger partial charge on any atom is 0.381 e. The van der Waals surface area contributed by atoms with Crippen molar-refractivity contribution in [1.82, 2.24) is 9.97 Å². The Labute approximate surface area is 600 Å². The molecule has 5 heterocycles. The third-order valence-corrected chi connectivity index (χ3v) is 13.0. The molecule has 0 aliphatic heterocycles. The molecule has 0 saturated heterocycles. The van der Waals surface area contributed by atoms with Crippen molar-refractivity contribution in [2.75, 3.05) is 0 Å². The van der Waals surface area contributed by atoms with Crippen LogP contribution in [0.15, 0.2) is 170 Å². The van der Waals surface area contributed by atoms with Gasteiger partial charge in [0.1, 0.15) is 45.7 Å². The molecule has 0 aliphatic rings. The topological polar surface area (TPSA) is 314 Å². The van der Waals surface area contributed by atoms with Crippen LogP contribution < -0.4 is 4.73 Å². The normalized spacial score (nSPS) is 9.16. The summed E-state index contributed by atoms with van der Waals surface area (Å²) in [6.07, 6.45) is 13.3. The van der Waals surface area contributed by atoms with Gasteiger partial charge in [-0.15, -0.1) is 0 Å². The molecule has 4 aromatic carbocycles. The molecule has 0 aliphatic carbocycles. The Bertz CT molecular complexity index is 4230. The summed E-state index contributed by atoms with van der Waals surface area (Å²) in [5.74, 6) is 19.4. The third-order valence-electron chi connectivity index (χ3n) is 10.9. The minimum absolute atomic E-state index is 0.0611. The first-order valence-corrected chi connectivity index (χ1v) is 31.8. The first-order chi connectivity index (χ1) is 46.1. The molecule has 0 fully saturated rings. The number of furan rings is 2. The maximum absolute atomic E-state index is 12.9. The number of benzene rings is 4. The van der Waals surface area contributed by atoms with E-state index in [0.29, 0.717) is 114 Å². The van der Waals surface area contributed by atoms with Gasteiger partial charge in [-0.05, 0) is 181 Å². The predicted octanol–water partition coefficient (Wildman–Crippen LogP) is 15.8. The second-order valence-corrected chi connectivity index (χ2v) is 21.4. The highest BCUT2D eigenvalue weighted by atomic mass is 79.9. The van der Waals surface area contributed by atoms with Crippen molar-refractivity contribution in [3.8, 4) is 70.4 Å². The number of rotatable bonds is 8. The lowest BCUT2D eigenvalue weighted by Crippen LogP contribution is -2.27. The number of carboxylic acid groups (broad SMARTS) is 1. The average molecular weight is 1550 g/mol. The highest BCUT2D eigenvalue weighted by molar-refractivity contribution is 9.11. The number of phenolic OH excluding ortho intramolecular Hbond substituents is 4. The van der Waals surface area contributed by atoms with Gasteiger partial charge in [0, 0.05) is 103 Å². The smallest absolute Gasteiger partial charge is 0.381 e. The highest BCUT2D eigenvalue weighted by Crippen LogP contribution is 2.36. The molecule has 9 rings (SSSR count). The van der Waals surface area contributed by atoms with E-state index in [4.69, 9.17) is 64.2 Å². The van der Waals surface area contributed by atoms with Gasteiger partial charge < -0.3 is 34.4 Å². The van der Waals surface area contributed by atoms with Crippen LogP contribution in [0.1, 0.15) is 121 Å². The van der Waals surface area contributed by atoms with E-state index in [1.54, 1.807) is 117 Å². The summed E-state index contributed by atoms with van der Waals surface area (Å²) < 4.78 is 13.3. The van der Waals surface area contributed by atoms with Crippen LogP contribution in [0.5, 0.6) is 23.0 Å². The van der Waals surface area contributed by atoms with Gasteiger partial charge in [0.15, 0.2) is 11.6 Å². The number of carbonyl (C=O) groups is 8. The molecule has 5 aromatic heterocycles. The number of halogens is 7. The molecule has 0 radical (unpaired) electrons. The Hall–Kier alpha value is -9.78. The fraction of sp³-hybridized carbons (Fsp3) is 0.169. The molecule has 26 heteroatoms. The predicted molar refractivity (Wildman–Crippen MR) is 378 cm³/mol. The Morgan fingerprint density at radius 2 is 0.866 bits per heavy atom. The summed E-state index contributed by atoms with van der Waals surface area (Å²) in [5.41, 5.74) is 3.88. The molecule has 97 heavy (non-hydrogen) atoms.